The van der Waals surface area contributed by atoms with Crippen LogP contribution in [0, 0.1) is 6.92 Å². The van der Waals surface area contributed by atoms with Crippen molar-refractivity contribution in [3.8, 4) is 0 Å². The average Bonchev–Trinajstić information content (AvgIpc) is 2.74. The molecule has 0 amide bonds. The summed E-state index contributed by atoms with van der Waals surface area (Å²) in [6.45, 7) is 2.38. The van der Waals surface area contributed by atoms with Crippen LogP contribution < -0.4 is 5.32 Å². The minimum absolute atomic E-state index is 0.228. The molecule has 4 nitrogen and oxygen atoms in total. The van der Waals surface area contributed by atoms with Gasteiger partial charge in [-0.3, -0.25) is 0 Å². The maximum atomic E-state index is 11.2. The maximum Gasteiger partial charge on any atom is 0.339 e. The van der Waals surface area contributed by atoms with Gasteiger partial charge in [0.2, 0.25) is 0 Å². The Morgan fingerprint density at radius 2 is 2.26 bits per heavy atom. The zero-order chi connectivity index (χ0) is 13.8. The second-order valence-corrected chi connectivity index (χ2v) is 5.84. The summed E-state index contributed by atoms with van der Waals surface area (Å²) in [7, 11) is 0. The zero-order valence-electron chi connectivity index (χ0n) is 10.3. The Hall–Kier alpha value is -1.59. The van der Waals surface area contributed by atoms with Gasteiger partial charge in [0.05, 0.1) is 4.34 Å². The Balaban J connectivity index is 2.03. The molecule has 0 fully saturated rings. The van der Waals surface area contributed by atoms with E-state index in [-0.39, 0.29) is 5.56 Å². The first kappa shape index (κ1) is 13.8. The lowest BCUT2D eigenvalue weighted by atomic mass is 10.1. The van der Waals surface area contributed by atoms with Crippen LogP contribution in [0.25, 0.3) is 0 Å². The lowest BCUT2D eigenvalue weighted by Crippen LogP contribution is -2.12. The molecule has 0 saturated carbocycles. The summed E-state index contributed by atoms with van der Waals surface area (Å²) in [6, 6.07) is 5.51. The van der Waals surface area contributed by atoms with Gasteiger partial charge in [0.25, 0.3) is 0 Å². The molecule has 0 aliphatic rings. The van der Waals surface area contributed by atoms with Crippen molar-refractivity contribution in [3.05, 3.63) is 44.7 Å². The van der Waals surface area contributed by atoms with E-state index >= 15 is 0 Å². The van der Waals surface area contributed by atoms with Gasteiger partial charge >= 0.3 is 5.97 Å². The first-order valence-corrected chi connectivity index (χ1v) is 6.94. The van der Waals surface area contributed by atoms with Crippen molar-refractivity contribution >= 4 is 34.7 Å². The van der Waals surface area contributed by atoms with Crippen LogP contribution in [0.5, 0.6) is 0 Å². The van der Waals surface area contributed by atoms with E-state index in [1.165, 1.54) is 11.3 Å². The number of aromatic carboxylic acids is 1. The number of carboxylic acids is 1. The number of halogens is 1. The van der Waals surface area contributed by atoms with Crippen LogP contribution in [-0.2, 0) is 6.42 Å². The Kier molecular flexibility index (Phi) is 4.39. The van der Waals surface area contributed by atoms with Crippen LogP contribution in [0.15, 0.2) is 24.4 Å². The van der Waals surface area contributed by atoms with Crippen molar-refractivity contribution < 1.29 is 9.90 Å². The third-order valence-electron chi connectivity index (χ3n) is 2.67. The molecule has 100 valence electrons. The molecule has 6 heteroatoms. The van der Waals surface area contributed by atoms with Crippen LogP contribution in [0.1, 0.15) is 20.8 Å². The van der Waals surface area contributed by atoms with Gasteiger partial charge in [0.1, 0.15) is 11.4 Å². The lowest BCUT2D eigenvalue weighted by molar-refractivity contribution is 0.0697. The number of carbonyl (C=O) groups is 1. The molecular weight excluding hydrogens is 284 g/mol. The van der Waals surface area contributed by atoms with Gasteiger partial charge in [-0.1, -0.05) is 11.6 Å². The van der Waals surface area contributed by atoms with Gasteiger partial charge in [-0.25, -0.2) is 9.78 Å². The topological polar surface area (TPSA) is 62.2 Å². The minimum Gasteiger partial charge on any atom is -0.478 e. The second-order valence-electron chi connectivity index (χ2n) is 4.04. The molecule has 2 aromatic rings. The van der Waals surface area contributed by atoms with Gasteiger partial charge < -0.3 is 10.4 Å². The Morgan fingerprint density at radius 3 is 2.89 bits per heavy atom. The van der Waals surface area contributed by atoms with Crippen LogP contribution in [0.3, 0.4) is 0 Å². The zero-order valence-corrected chi connectivity index (χ0v) is 11.9. The van der Waals surface area contributed by atoms with E-state index in [9.17, 15) is 9.90 Å². The molecule has 0 aromatic carbocycles. The third kappa shape index (κ3) is 3.45. The molecule has 2 rings (SSSR count). The van der Waals surface area contributed by atoms with Crippen molar-refractivity contribution in [2.45, 2.75) is 13.3 Å². The van der Waals surface area contributed by atoms with Crippen LogP contribution in [0.4, 0.5) is 5.82 Å². The molecule has 0 aliphatic heterocycles. The Bertz CT molecular complexity index is 598. The van der Waals surface area contributed by atoms with Crippen LogP contribution in [-0.4, -0.2) is 22.6 Å². The molecule has 0 radical (unpaired) electrons. The Labute approximate surface area is 120 Å². The maximum absolute atomic E-state index is 11.2. The molecule has 0 bridgehead atoms. The summed E-state index contributed by atoms with van der Waals surface area (Å²) in [5.74, 6) is -0.553. The Morgan fingerprint density at radius 1 is 1.47 bits per heavy atom. The standard InChI is InChI=1S/C13H13ClN2O2S/c1-8-4-6-15-12(11(8)13(17)18)16-7-5-9-2-3-10(14)19-9/h2-4,6H,5,7H2,1H3,(H,15,16)(H,17,18). The highest BCUT2D eigenvalue weighted by molar-refractivity contribution is 7.16. The highest BCUT2D eigenvalue weighted by Crippen LogP contribution is 2.22. The summed E-state index contributed by atoms with van der Waals surface area (Å²) >= 11 is 7.38. The highest BCUT2D eigenvalue weighted by atomic mass is 35.5. The number of anilines is 1. The summed E-state index contributed by atoms with van der Waals surface area (Å²) in [5, 5.41) is 12.2. The van der Waals surface area contributed by atoms with Gasteiger partial charge in [-0.05, 0) is 37.1 Å². The SMILES string of the molecule is Cc1ccnc(NCCc2ccc(Cl)s2)c1C(=O)O. The number of nitrogens with zero attached hydrogens (tertiary/aromatic N) is 1. The predicted molar refractivity (Wildman–Crippen MR) is 77.5 cm³/mol. The predicted octanol–water partition coefficient (Wildman–Crippen LogP) is 3.46. The van der Waals surface area contributed by atoms with Crippen molar-refractivity contribution in [3.63, 3.8) is 0 Å². The first-order valence-electron chi connectivity index (χ1n) is 5.75. The van der Waals surface area contributed by atoms with E-state index in [0.29, 0.717) is 17.9 Å². The number of pyridine rings is 1. The quantitative estimate of drug-likeness (QED) is 0.887. The molecule has 0 saturated heterocycles. The molecule has 0 aliphatic carbocycles. The summed E-state index contributed by atoms with van der Waals surface area (Å²) < 4.78 is 0.759. The van der Waals surface area contributed by atoms with E-state index in [2.05, 4.69) is 10.3 Å². The van der Waals surface area contributed by atoms with Crippen molar-refractivity contribution in [2.75, 3.05) is 11.9 Å². The highest BCUT2D eigenvalue weighted by Gasteiger charge is 2.13. The molecule has 2 heterocycles. The first-order chi connectivity index (χ1) is 9.08. The summed E-state index contributed by atoms with van der Waals surface area (Å²) in [6.07, 6.45) is 2.39. The van der Waals surface area contributed by atoms with E-state index in [0.717, 1.165) is 15.6 Å². The fourth-order valence-corrected chi connectivity index (χ4v) is 2.84. The number of nitrogens with one attached hydrogen (secondary N) is 1. The fourth-order valence-electron chi connectivity index (χ4n) is 1.75. The lowest BCUT2D eigenvalue weighted by Gasteiger charge is -2.09. The number of aryl methyl sites for hydroxylation is 1. The number of thiophene rings is 1. The van der Waals surface area contributed by atoms with Crippen molar-refractivity contribution in [1.82, 2.24) is 4.98 Å². The van der Waals surface area contributed by atoms with E-state index < -0.39 is 5.97 Å². The van der Waals surface area contributed by atoms with Gasteiger partial charge in [0.15, 0.2) is 0 Å². The van der Waals surface area contributed by atoms with Gasteiger partial charge in [0, 0.05) is 17.6 Å². The largest absolute Gasteiger partial charge is 0.478 e. The molecule has 0 atom stereocenters. The number of hydrogen-bond donors (Lipinski definition) is 2. The monoisotopic (exact) mass is 296 g/mol. The molecule has 19 heavy (non-hydrogen) atoms. The fraction of sp³-hybridized carbons (Fsp3) is 0.231. The normalized spacial score (nSPS) is 10.4. The summed E-state index contributed by atoms with van der Waals surface area (Å²) in [4.78, 5) is 16.4. The minimum atomic E-state index is -0.965. The number of carboxylic acid groups (broad SMARTS) is 1. The molecule has 2 aromatic heterocycles. The number of hydrogen-bond acceptors (Lipinski definition) is 4. The molecule has 0 spiro atoms. The summed E-state index contributed by atoms with van der Waals surface area (Å²) in [5.41, 5.74) is 0.927. The number of aromatic nitrogens is 1. The van der Waals surface area contributed by atoms with Gasteiger partial charge in [-0.2, -0.15) is 0 Å². The van der Waals surface area contributed by atoms with E-state index in [1.54, 1.807) is 19.2 Å². The van der Waals surface area contributed by atoms with Crippen LogP contribution in [0.2, 0.25) is 4.34 Å². The smallest absolute Gasteiger partial charge is 0.339 e. The van der Waals surface area contributed by atoms with Crippen molar-refractivity contribution in [1.29, 1.82) is 0 Å². The average molecular weight is 297 g/mol. The van der Waals surface area contributed by atoms with E-state index in [4.69, 9.17) is 11.6 Å². The molecular formula is C13H13ClN2O2S. The molecule has 2 N–H and O–H groups in total. The van der Waals surface area contributed by atoms with Crippen molar-refractivity contribution in [2.24, 2.45) is 0 Å². The van der Waals surface area contributed by atoms with E-state index in [1.807, 2.05) is 12.1 Å². The van der Waals surface area contributed by atoms with Gasteiger partial charge in [-0.15, -0.1) is 11.3 Å². The second kappa shape index (κ2) is 6.04. The third-order valence-corrected chi connectivity index (χ3v) is 3.96. The molecule has 0 unspecified atom stereocenters. The van der Waals surface area contributed by atoms with Crippen LogP contribution >= 0.6 is 22.9 Å². The number of rotatable bonds is 5.